The molecule has 6 heteroatoms. The molecule has 0 unspecified atom stereocenters. The Balaban J connectivity index is 1.72. The molecule has 0 aliphatic heterocycles. The lowest BCUT2D eigenvalue weighted by Gasteiger charge is -2.27. The number of hydrogen-bond donors (Lipinski definition) is 2. The van der Waals surface area contributed by atoms with Crippen molar-refractivity contribution in [3.05, 3.63) is 69.0 Å². The van der Waals surface area contributed by atoms with Gasteiger partial charge in [-0.15, -0.1) is 11.3 Å². The van der Waals surface area contributed by atoms with Gasteiger partial charge in [-0.1, -0.05) is 41.5 Å². The van der Waals surface area contributed by atoms with Crippen molar-refractivity contribution < 1.29 is 14.3 Å². The van der Waals surface area contributed by atoms with Crippen molar-refractivity contribution in [1.82, 2.24) is 5.32 Å². The minimum Gasteiger partial charge on any atom is -0.507 e. The SMILES string of the molecule is CC(C)(C)c1cc(C=Nc2sc3c(c2C(=O)NCc2ccco2)CCCC3)cc(C(C)(C)C)c1O. The lowest BCUT2D eigenvalue weighted by atomic mass is 9.78. The zero-order chi connectivity index (χ0) is 25.4. The van der Waals surface area contributed by atoms with Gasteiger partial charge in [-0.2, -0.15) is 0 Å². The molecule has 0 bridgehead atoms. The summed E-state index contributed by atoms with van der Waals surface area (Å²) < 4.78 is 5.37. The molecule has 1 aliphatic rings. The minimum atomic E-state index is -0.215. The first kappa shape index (κ1) is 25.2. The smallest absolute Gasteiger partial charge is 0.255 e. The molecule has 3 aromatic rings. The molecular formula is C29H36N2O3S. The molecule has 35 heavy (non-hydrogen) atoms. The Hall–Kier alpha value is -2.86. The molecule has 1 aliphatic carbocycles. The van der Waals surface area contributed by atoms with E-state index in [0.29, 0.717) is 17.9 Å². The van der Waals surface area contributed by atoms with Crippen LogP contribution in [0.15, 0.2) is 39.9 Å². The quantitative estimate of drug-likeness (QED) is 0.370. The standard InChI is InChI=1S/C29H36N2O3S/c1-28(2,3)21-14-18(15-22(25(21)32)29(4,5)6)16-31-27-24(20-11-7-8-12-23(20)35-27)26(33)30-17-19-10-9-13-34-19/h9-10,13-16,32H,7-8,11-12,17H2,1-6H3,(H,30,33). The van der Waals surface area contributed by atoms with Crippen molar-refractivity contribution in [2.45, 2.75) is 84.6 Å². The Morgan fingerprint density at radius 3 is 2.37 bits per heavy atom. The van der Waals surface area contributed by atoms with Gasteiger partial charge in [0, 0.05) is 22.2 Å². The van der Waals surface area contributed by atoms with Crippen LogP contribution in [-0.2, 0) is 30.2 Å². The van der Waals surface area contributed by atoms with Crippen LogP contribution in [0.25, 0.3) is 0 Å². The summed E-state index contributed by atoms with van der Waals surface area (Å²) in [4.78, 5) is 19.4. The van der Waals surface area contributed by atoms with Crippen LogP contribution in [-0.4, -0.2) is 17.2 Å². The van der Waals surface area contributed by atoms with Crippen LogP contribution in [0.2, 0.25) is 0 Å². The average Bonchev–Trinajstić information content (AvgIpc) is 3.42. The number of nitrogens with zero attached hydrogens (tertiary/aromatic N) is 1. The Morgan fingerprint density at radius 1 is 1.11 bits per heavy atom. The van der Waals surface area contributed by atoms with Crippen LogP contribution in [0.5, 0.6) is 5.75 Å². The molecule has 0 spiro atoms. The van der Waals surface area contributed by atoms with E-state index in [1.54, 1.807) is 17.6 Å². The van der Waals surface area contributed by atoms with Crippen LogP contribution < -0.4 is 5.32 Å². The fourth-order valence-corrected chi connectivity index (χ4v) is 5.78. The third-order valence-corrected chi connectivity index (χ3v) is 7.66. The van der Waals surface area contributed by atoms with E-state index in [2.05, 4.69) is 46.9 Å². The maximum absolute atomic E-state index is 13.3. The Kier molecular flexibility index (Phi) is 6.96. The van der Waals surface area contributed by atoms with Gasteiger partial charge in [0.25, 0.3) is 5.91 Å². The van der Waals surface area contributed by atoms with E-state index in [0.717, 1.165) is 58.7 Å². The summed E-state index contributed by atoms with van der Waals surface area (Å²) in [6.07, 6.45) is 7.59. The van der Waals surface area contributed by atoms with Crippen molar-refractivity contribution in [1.29, 1.82) is 0 Å². The Bertz CT molecular complexity index is 1200. The lowest BCUT2D eigenvalue weighted by Crippen LogP contribution is -2.23. The molecule has 186 valence electrons. The van der Waals surface area contributed by atoms with Gasteiger partial charge in [0.15, 0.2) is 0 Å². The number of aromatic hydroxyl groups is 1. The minimum absolute atomic E-state index is 0.107. The average molecular weight is 493 g/mol. The monoisotopic (exact) mass is 492 g/mol. The Labute approximate surface area is 212 Å². The highest BCUT2D eigenvalue weighted by atomic mass is 32.1. The second kappa shape index (κ2) is 9.65. The van der Waals surface area contributed by atoms with Crippen molar-refractivity contribution in [2.24, 2.45) is 4.99 Å². The van der Waals surface area contributed by atoms with Crippen LogP contribution >= 0.6 is 11.3 Å². The van der Waals surface area contributed by atoms with Gasteiger partial charge in [0.05, 0.1) is 18.4 Å². The summed E-state index contributed by atoms with van der Waals surface area (Å²) in [5.41, 5.74) is 4.12. The molecule has 0 radical (unpaired) electrons. The number of thiophene rings is 1. The number of phenols is 1. The van der Waals surface area contributed by atoms with Gasteiger partial charge >= 0.3 is 0 Å². The molecule has 1 amide bonds. The van der Waals surface area contributed by atoms with E-state index in [9.17, 15) is 9.90 Å². The van der Waals surface area contributed by atoms with Crippen LogP contribution in [0.1, 0.15) is 97.6 Å². The lowest BCUT2D eigenvalue weighted by molar-refractivity contribution is 0.0948. The number of benzene rings is 1. The maximum atomic E-state index is 13.3. The van der Waals surface area contributed by atoms with Gasteiger partial charge in [-0.25, -0.2) is 4.99 Å². The molecule has 2 aromatic heterocycles. The normalized spacial score (nSPS) is 14.3. The van der Waals surface area contributed by atoms with E-state index in [4.69, 9.17) is 9.41 Å². The van der Waals surface area contributed by atoms with Gasteiger partial charge in [0.2, 0.25) is 0 Å². The number of hydrogen-bond acceptors (Lipinski definition) is 5. The molecule has 0 saturated carbocycles. The topological polar surface area (TPSA) is 74.8 Å². The molecule has 2 heterocycles. The molecule has 5 nitrogen and oxygen atoms in total. The highest BCUT2D eigenvalue weighted by molar-refractivity contribution is 7.16. The third kappa shape index (κ3) is 5.53. The Morgan fingerprint density at radius 2 is 1.77 bits per heavy atom. The summed E-state index contributed by atoms with van der Waals surface area (Å²) in [5, 5.41) is 14.8. The van der Waals surface area contributed by atoms with Gasteiger partial charge in [-0.05, 0) is 71.9 Å². The zero-order valence-electron chi connectivity index (χ0n) is 21.6. The number of amides is 1. The van der Waals surface area contributed by atoms with Crippen molar-refractivity contribution >= 4 is 28.5 Å². The molecule has 4 rings (SSSR count). The summed E-state index contributed by atoms with van der Waals surface area (Å²) in [6.45, 7) is 13.0. The second-order valence-electron chi connectivity index (χ2n) is 11.4. The molecular weight excluding hydrogens is 456 g/mol. The van der Waals surface area contributed by atoms with E-state index in [1.807, 2.05) is 30.5 Å². The van der Waals surface area contributed by atoms with E-state index >= 15 is 0 Å². The molecule has 0 atom stereocenters. The van der Waals surface area contributed by atoms with E-state index in [1.165, 1.54) is 4.88 Å². The largest absolute Gasteiger partial charge is 0.507 e. The maximum Gasteiger partial charge on any atom is 0.255 e. The first-order chi connectivity index (χ1) is 16.4. The first-order valence-electron chi connectivity index (χ1n) is 12.3. The molecule has 1 aromatic carbocycles. The van der Waals surface area contributed by atoms with Crippen LogP contribution in [0.3, 0.4) is 0 Å². The summed E-state index contributed by atoms with van der Waals surface area (Å²) >= 11 is 1.62. The number of phenolic OH excluding ortho intramolecular Hbond substituents is 1. The summed E-state index contributed by atoms with van der Waals surface area (Å²) in [7, 11) is 0. The van der Waals surface area contributed by atoms with Gasteiger partial charge in [0.1, 0.15) is 16.5 Å². The molecule has 0 fully saturated rings. The predicted octanol–water partition coefficient (Wildman–Crippen LogP) is 7.20. The van der Waals surface area contributed by atoms with Crippen molar-refractivity contribution in [3.8, 4) is 5.75 Å². The van der Waals surface area contributed by atoms with Crippen LogP contribution in [0.4, 0.5) is 5.00 Å². The highest BCUT2D eigenvalue weighted by Crippen LogP contribution is 2.41. The van der Waals surface area contributed by atoms with Gasteiger partial charge in [-0.3, -0.25) is 4.79 Å². The number of aryl methyl sites for hydroxylation is 1. The zero-order valence-corrected chi connectivity index (χ0v) is 22.4. The fraction of sp³-hybridized carbons (Fsp3) is 0.448. The summed E-state index contributed by atoms with van der Waals surface area (Å²) in [6, 6.07) is 7.70. The van der Waals surface area contributed by atoms with E-state index < -0.39 is 0 Å². The number of carbonyl (C=O) groups is 1. The van der Waals surface area contributed by atoms with Crippen LogP contribution in [0, 0.1) is 0 Å². The second-order valence-corrected chi connectivity index (χ2v) is 12.5. The number of furan rings is 1. The van der Waals surface area contributed by atoms with Gasteiger partial charge < -0.3 is 14.8 Å². The molecule has 0 saturated heterocycles. The predicted molar refractivity (Wildman–Crippen MR) is 144 cm³/mol. The number of carbonyl (C=O) groups excluding carboxylic acids is 1. The highest BCUT2D eigenvalue weighted by Gasteiger charge is 2.27. The van der Waals surface area contributed by atoms with E-state index in [-0.39, 0.29) is 16.7 Å². The number of nitrogens with one attached hydrogen (secondary N) is 1. The molecule has 2 N–H and O–H groups in total. The third-order valence-electron chi connectivity index (χ3n) is 6.46. The van der Waals surface area contributed by atoms with Crippen molar-refractivity contribution in [2.75, 3.05) is 0 Å². The number of aliphatic imine (C=N–C) groups is 1. The van der Waals surface area contributed by atoms with Crippen molar-refractivity contribution in [3.63, 3.8) is 0 Å². The first-order valence-corrected chi connectivity index (χ1v) is 13.1. The fourth-order valence-electron chi connectivity index (χ4n) is 4.55. The number of rotatable bonds is 5. The summed E-state index contributed by atoms with van der Waals surface area (Å²) in [5.74, 6) is 0.970. The number of fused-ring (bicyclic) bond motifs is 1.